The fourth-order valence-corrected chi connectivity index (χ4v) is 2.30. The number of cyclic esters (lactones) is 1. The molecular formula is C16H21N3O2. The monoisotopic (exact) mass is 291 g/mol. The Morgan fingerprint density at radius 2 is 2.43 bits per heavy atom. The number of ether oxygens (including phenoxy) is 1. The summed E-state index contributed by atoms with van der Waals surface area (Å²) in [4.78, 5) is 15.9. The number of amides is 1. The first-order valence-corrected chi connectivity index (χ1v) is 6.81. The van der Waals surface area contributed by atoms with Gasteiger partial charge in [-0.05, 0) is 50.1 Å². The van der Waals surface area contributed by atoms with E-state index in [1.807, 2.05) is 6.07 Å². The van der Waals surface area contributed by atoms with Gasteiger partial charge in [0.2, 0.25) is 0 Å². The number of nitrogens with one attached hydrogen (secondary N) is 2. The predicted octanol–water partition coefficient (Wildman–Crippen LogP) is 1.92. The number of aromatic amines is 1. The molecule has 21 heavy (non-hydrogen) atoms. The normalized spacial score (nSPS) is 25.2. The molecule has 0 aliphatic carbocycles. The molecule has 2 aromatic rings. The average Bonchev–Trinajstić information content (AvgIpc) is 2.96. The van der Waals surface area contributed by atoms with Crippen LogP contribution in [0, 0.1) is 0 Å². The third-order valence-electron chi connectivity index (χ3n) is 3.32. The van der Waals surface area contributed by atoms with Crippen molar-refractivity contribution in [2.75, 3.05) is 27.2 Å². The minimum absolute atomic E-state index is 0.0327. The molecule has 5 heteroatoms. The number of benzene rings is 1. The van der Waals surface area contributed by atoms with Crippen molar-refractivity contribution in [3.05, 3.63) is 35.5 Å². The summed E-state index contributed by atoms with van der Waals surface area (Å²) in [6, 6.07) is 4.14. The zero-order chi connectivity index (χ0) is 18.4. The topological polar surface area (TPSA) is 57.4 Å². The lowest BCUT2D eigenvalue weighted by Crippen LogP contribution is -2.28. The molecule has 1 aliphatic rings. The van der Waals surface area contributed by atoms with E-state index in [2.05, 4.69) is 10.3 Å². The van der Waals surface area contributed by atoms with E-state index in [1.54, 1.807) is 31.1 Å². The van der Waals surface area contributed by atoms with Crippen LogP contribution < -0.4 is 5.32 Å². The number of rotatable bonds is 5. The summed E-state index contributed by atoms with van der Waals surface area (Å²) in [7, 11) is 3.57. The van der Waals surface area contributed by atoms with Crippen LogP contribution in [0.3, 0.4) is 0 Å². The van der Waals surface area contributed by atoms with Crippen LogP contribution in [0.15, 0.2) is 24.4 Å². The van der Waals surface area contributed by atoms with Crippen molar-refractivity contribution in [3.63, 3.8) is 0 Å². The van der Waals surface area contributed by atoms with Crippen LogP contribution >= 0.6 is 0 Å². The number of H-pyrrole nitrogens is 1. The number of aromatic nitrogens is 1. The molecule has 3 rings (SSSR count). The van der Waals surface area contributed by atoms with Gasteiger partial charge in [-0.3, -0.25) is 0 Å². The van der Waals surface area contributed by atoms with Crippen molar-refractivity contribution in [2.24, 2.45) is 0 Å². The standard InChI is InChI=1S/C16H21N3O2/c1-19(2)6-5-12-9-17-15-4-3-11(8-14(12)15)7-13-10-21-16(20)18-13/h3-4,8-9,13,17H,5-7,10H2,1-2H3,(H,18,20)/t13-/m0/s1/i5D2,9D,13D. The van der Waals surface area contributed by atoms with Gasteiger partial charge in [-0.1, -0.05) is 6.07 Å². The first-order valence-electron chi connectivity index (χ1n) is 8.81. The number of hydrogen-bond acceptors (Lipinski definition) is 3. The Morgan fingerprint density at radius 3 is 3.14 bits per heavy atom. The van der Waals surface area contributed by atoms with Crippen molar-refractivity contribution in [1.82, 2.24) is 15.2 Å². The van der Waals surface area contributed by atoms with Gasteiger partial charge in [-0.25, -0.2) is 4.79 Å². The Hall–Kier alpha value is -2.01. The summed E-state index contributed by atoms with van der Waals surface area (Å²) in [5, 5.41) is 3.11. The van der Waals surface area contributed by atoms with E-state index < -0.39 is 18.5 Å². The largest absolute Gasteiger partial charge is 0.447 e. The number of fused-ring (bicyclic) bond motifs is 1. The van der Waals surface area contributed by atoms with Crippen molar-refractivity contribution in [2.45, 2.75) is 18.8 Å². The summed E-state index contributed by atoms with van der Waals surface area (Å²) in [6.45, 7) is 0.122. The average molecular weight is 291 g/mol. The third kappa shape index (κ3) is 3.19. The van der Waals surface area contributed by atoms with Gasteiger partial charge in [0.1, 0.15) is 6.61 Å². The number of likely N-dealkylation sites (N-methyl/N-ethyl adjacent to an activating group) is 1. The summed E-state index contributed by atoms with van der Waals surface area (Å²) >= 11 is 0. The van der Waals surface area contributed by atoms with E-state index in [0.29, 0.717) is 16.5 Å². The fraction of sp³-hybridized carbons (Fsp3) is 0.438. The maximum Gasteiger partial charge on any atom is 0.407 e. The van der Waals surface area contributed by atoms with Crippen molar-refractivity contribution in [3.8, 4) is 0 Å². The molecule has 0 unspecified atom stereocenters. The number of alkyl carbamates (subject to hydrolysis) is 1. The Labute approximate surface area is 129 Å². The molecule has 0 radical (unpaired) electrons. The molecule has 112 valence electrons. The van der Waals surface area contributed by atoms with Crippen LogP contribution in [0.25, 0.3) is 10.9 Å². The fourth-order valence-electron chi connectivity index (χ4n) is 2.30. The number of carbonyl (C=O) groups excluding carboxylic acids is 1. The highest BCUT2D eigenvalue weighted by Crippen LogP contribution is 2.21. The lowest BCUT2D eigenvalue weighted by atomic mass is 10.0. The highest BCUT2D eigenvalue weighted by molar-refractivity contribution is 5.84. The molecule has 0 saturated carbocycles. The van der Waals surface area contributed by atoms with E-state index in [9.17, 15) is 4.79 Å². The molecule has 0 spiro atoms. The molecule has 1 atom stereocenters. The van der Waals surface area contributed by atoms with Gasteiger partial charge in [-0.2, -0.15) is 0 Å². The van der Waals surface area contributed by atoms with E-state index in [0.717, 1.165) is 5.56 Å². The van der Waals surface area contributed by atoms with E-state index in [4.69, 9.17) is 10.2 Å². The van der Waals surface area contributed by atoms with Gasteiger partial charge >= 0.3 is 6.09 Å². The molecule has 2 heterocycles. The quantitative estimate of drug-likeness (QED) is 0.885. The number of hydrogen-bond donors (Lipinski definition) is 2. The minimum atomic E-state index is -1.69. The molecule has 5 nitrogen and oxygen atoms in total. The first-order chi connectivity index (χ1) is 11.6. The number of carbonyl (C=O) groups is 1. The molecule has 2 N–H and O–H groups in total. The molecule has 1 aromatic heterocycles. The summed E-state index contributed by atoms with van der Waals surface area (Å²) in [6.07, 6.45) is -2.00. The maximum atomic E-state index is 11.2. The van der Waals surface area contributed by atoms with Gasteiger partial charge in [0.25, 0.3) is 0 Å². The second kappa shape index (κ2) is 5.77. The molecule has 1 amide bonds. The Kier molecular flexibility index (Phi) is 2.71. The smallest absolute Gasteiger partial charge is 0.407 e. The Bertz CT molecular complexity index is 821. The van der Waals surface area contributed by atoms with Crippen LogP contribution in [0.2, 0.25) is 0 Å². The van der Waals surface area contributed by atoms with E-state index in [1.165, 1.54) is 0 Å². The third-order valence-corrected chi connectivity index (χ3v) is 3.32. The van der Waals surface area contributed by atoms with Crippen LogP contribution in [0.4, 0.5) is 4.79 Å². The second-order valence-corrected chi connectivity index (χ2v) is 5.40. The highest BCUT2D eigenvalue weighted by Gasteiger charge is 2.22. The Morgan fingerprint density at radius 1 is 1.57 bits per heavy atom. The molecule has 1 saturated heterocycles. The summed E-state index contributed by atoms with van der Waals surface area (Å²) in [5.41, 5.74) is 1.76. The van der Waals surface area contributed by atoms with Crippen LogP contribution in [0.5, 0.6) is 0 Å². The predicted molar refractivity (Wildman–Crippen MR) is 82.5 cm³/mol. The van der Waals surface area contributed by atoms with Gasteiger partial charge < -0.3 is 19.9 Å². The molecular weight excluding hydrogens is 266 g/mol. The van der Waals surface area contributed by atoms with E-state index in [-0.39, 0.29) is 25.7 Å². The highest BCUT2D eigenvalue weighted by atomic mass is 16.6. The van der Waals surface area contributed by atoms with Crippen molar-refractivity contribution >= 4 is 17.0 Å². The van der Waals surface area contributed by atoms with Gasteiger partial charge in [-0.15, -0.1) is 0 Å². The minimum Gasteiger partial charge on any atom is -0.447 e. The molecule has 0 bridgehead atoms. The summed E-state index contributed by atoms with van der Waals surface area (Å²) in [5.74, 6) is 0. The summed E-state index contributed by atoms with van der Waals surface area (Å²) < 4.78 is 37.9. The Balaban J connectivity index is 1.99. The van der Waals surface area contributed by atoms with Gasteiger partial charge in [0.15, 0.2) is 0 Å². The van der Waals surface area contributed by atoms with E-state index >= 15 is 0 Å². The van der Waals surface area contributed by atoms with Gasteiger partial charge in [0, 0.05) is 26.4 Å². The zero-order valence-electron chi connectivity index (χ0n) is 16.1. The molecule has 1 fully saturated rings. The first kappa shape index (κ1) is 9.84. The van der Waals surface area contributed by atoms with Crippen LogP contribution in [-0.2, 0) is 17.5 Å². The zero-order valence-corrected chi connectivity index (χ0v) is 12.1. The van der Waals surface area contributed by atoms with Gasteiger partial charge in [0.05, 0.1) is 8.76 Å². The lowest BCUT2D eigenvalue weighted by Gasteiger charge is -2.09. The SMILES string of the molecule is [2H]c1[nH]c2ccc(C[C@@]3([2H])COC(=O)N3)cc2c1C([2H])([2H])CN(C)C. The van der Waals surface area contributed by atoms with Crippen LogP contribution in [-0.4, -0.2) is 49.2 Å². The maximum absolute atomic E-state index is 11.2. The molecule has 1 aliphatic heterocycles. The molecule has 1 aromatic carbocycles. The van der Waals surface area contributed by atoms with Crippen LogP contribution in [0.1, 0.15) is 16.6 Å². The lowest BCUT2D eigenvalue weighted by molar-refractivity contribution is 0.177. The number of nitrogens with zero attached hydrogens (tertiary/aromatic N) is 1. The second-order valence-electron chi connectivity index (χ2n) is 5.40. The van der Waals surface area contributed by atoms with Crippen molar-refractivity contribution in [1.29, 1.82) is 0 Å². The van der Waals surface area contributed by atoms with Crippen molar-refractivity contribution < 1.29 is 15.0 Å².